The van der Waals surface area contributed by atoms with E-state index in [1.807, 2.05) is 13.8 Å². The minimum Gasteiger partial charge on any atom is -0.296 e. The largest absolute Gasteiger partial charge is 0.296 e. The minimum atomic E-state index is -1.95. The van der Waals surface area contributed by atoms with Crippen LogP contribution in [-0.2, 0) is 11.0 Å². The first kappa shape index (κ1) is 18.2. The first-order valence-corrected chi connectivity index (χ1v) is 7.94. The van der Waals surface area contributed by atoms with Crippen LogP contribution >= 0.6 is 0 Å². The molecule has 2 nitrogen and oxygen atoms in total. The molecule has 0 radical (unpaired) electrons. The van der Waals surface area contributed by atoms with Crippen LogP contribution in [0, 0.1) is 31.3 Å². The van der Waals surface area contributed by atoms with Crippen molar-refractivity contribution in [2.45, 2.75) is 32.6 Å². The lowest BCUT2D eigenvalue weighted by atomic mass is 10.2. The molecule has 1 unspecified atom stereocenters. The second kappa shape index (κ2) is 7.98. The molecule has 0 aromatic heterocycles. The fourth-order valence-electron chi connectivity index (χ4n) is 1.73. The Morgan fingerprint density at radius 3 is 2.05 bits per heavy atom. The van der Waals surface area contributed by atoms with E-state index in [0.717, 1.165) is 12.1 Å². The molecule has 6 heteroatoms. The standard InChI is InChI=1S/C14H12F3NOS.C2H6/c1-8-6-11(16)14(12(17)7-8)18-20(19)13-5-3-4-10(15)9(13)2;1-2/h3-7,18H,1-2H3;1-2H3. The van der Waals surface area contributed by atoms with Gasteiger partial charge >= 0.3 is 0 Å². The molecule has 0 spiro atoms. The van der Waals surface area contributed by atoms with Crippen LogP contribution in [0.15, 0.2) is 35.2 Å². The van der Waals surface area contributed by atoms with Crippen LogP contribution in [0.3, 0.4) is 0 Å². The van der Waals surface area contributed by atoms with Crippen LogP contribution in [0.25, 0.3) is 0 Å². The van der Waals surface area contributed by atoms with Crippen molar-refractivity contribution in [3.05, 3.63) is 58.9 Å². The highest BCUT2D eigenvalue weighted by atomic mass is 32.2. The molecule has 0 bridgehead atoms. The molecule has 0 amide bonds. The van der Waals surface area contributed by atoms with Crippen molar-refractivity contribution in [2.24, 2.45) is 0 Å². The van der Waals surface area contributed by atoms with E-state index in [4.69, 9.17) is 0 Å². The highest BCUT2D eigenvalue weighted by Gasteiger charge is 2.16. The molecule has 2 aromatic carbocycles. The lowest BCUT2D eigenvalue weighted by Gasteiger charge is -2.11. The first-order chi connectivity index (χ1) is 10.4. The van der Waals surface area contributed by atoms with Gasteiger partial charge in [0.05, 0.1) is 4.90 Å². The van der Waals surface area contributed by atoms with Gasteiger partial charge in [-0.15, -0.1) is 0 Å². The van der Waals surface area contributed by atoms with Gasteiger partial charge in [0.25, 0.3) is 0 Å². The van der Waals surface area contributed by atoms with Crippen molar-refractivity contribution in [1.82, 2.24) is 0 Å². The van der Waals surface area contributed by atoms with Gasteiger partial charge < -0.3 is 0 Å². The quantitative estimate of drug-likeness (QED) is 0.854. The molecule has 1 atom stereocenters. The Hall–Kier alpha value is -1.82. The van der Waals surface area contributed by atoms with E-state index < -0.39 is 34.1 Å². The number of rotatable bonds is 3. The summed E-state index contributed by atoms with van der Waals surface area (Å²) < 4.78 is 55.0. The molecule has 2 aromatic rings. The summed E-state index contributed by atoms with van der Waals surface area (Å²) in [5.41, 5.74) is 0.0992. The molecule has 0 aliphatic heterocycles. The third-order valence-electron chi connectivity index (χ3n) is 2.80. The van der Waals surface area contributed by atoms with Crippen LogP contribution < -0.4 is 4.72 Å². The van der Waals surface area contributed by atoms with Gasteiger partial charge in [0.15, 0.2) is 22.6 Å². The Kier molecular flexibility index (Phi) is 6.61. The SMILES string of the molecule is CC.Cc1cc(F)c(NS(=O)c2cccc(F)c2C)c(F)c1. The summed E-state index contributed by atoms with van der Waals surface area (Å²) in [6.07, 6.45) is 0. The summed E-state index contributed by atoms with van der Waals surface area (Å²) >= 11 is 0. The summed E-state index contributed by atoms with van der Waals surface area (Å²) in [6.45, 7) is 7.00. The lowest BCUT2D eigenvalue weighted by molar-refractivity contribution is 0.589. The molecular formula is C16H18F3NOS. The predicted molar refractivity (Wildman–Crippen MR) is 83.6 cm³/mol. The summed E-state index contributed by atoms with van der Waals surface area (Å²) in [5.74, 6) is -2.21. The molecular weight excluding hydrogens is 311 g/mol. The Bertz CT molecular complexity index is 666. The predicted octanol–water partition coefficient (Wildman–Crippen LogP) is 4.88. The zero-order valence-corrected chi connectivity index (χ0v) is 13.7. The van der Waals surface area contributed by atoms with E-state index in [-0.39, 0.29) is 10.5 Å². The van der Waals surface area contributed by atoms with Gasteiger partial charge in [0, 0.05) is 5.56 Å². The van der Waals surface area contributed by atoms with E-state index in [2.05, 4.69) is 4.72 Å². The number of anilines is 1. The molecule has 0 saturated carbocycles. The molecule has 0 heterocycles. The number of hydrogen-bond acceptors (Lipinski definition) is 1. The van der Waals surface area contributed by atoms with Gasteiger partial charge in [-0.3, -0.25) is 4.72 Å². The Balaban J connectivity index is 0.00000116. The van der Waals surface area contributed by atoms with Gasteiger partial charge in [0.2, 0.25) is 0 Å². The molecule has 120 valence electrons. The molecule has 2 rings (SSSR count). The Morgan fingerprint density at radius 2 is 1.50 bits per heavy atom. The summed E-state index contributed by atoms with van der Waals surface area (Å²) in [7, 11) is -1.95. The van der Waals surface area contributed by atoms with Crippen molar-refractivity contribution < 1.29 is 17.4 Å². The second-order valence-corrected chi connectivity index (χ2v) is 5.52. The smallest absolute Gasteiger partial charge is 0.150 e. The number of nitrogens with one attached hydrogen (secondary N) is 1. The first-order valence-electron chi connectivity index (χ1n) is 6.79. The Morgan fingerprint density at radius 1 is 0.955 bits per heavy atom. The summed E-state index contributed by atoms with van der Waals surface area (Å²) in [6, 6.07) is 6.30. The third-order valence-corrected chi connectivity index (χ3v) is 4.03. The summed E-state index contributed by atoms with van der Waals surface area (Å²) in [5, 5.41) is 0. The van der Waals surface area contributed by atoms with Crippen molar-refractivity contribution >= 4 is 16.7 Å². The van der Waals surface area contributed by atoms with Crippen molar-refractivity contribution in [1.29, 1.82) is 0 Å². The van der Waals surface area contributed by atoms with Gasteiger partial charge in [-0.1, -0.05) is 19.9 Å². The van der Waals surface area contributed by atoms with Gasteiger partial charge in [-0.05, 0) is 43.7 Å². The van der Waals surface area contributed by atoms with Crippen LogP contribution in [0.5, 0.6) is 0 Å². The third kappa shape index (κ3) is 4.10. The van der Waals surface area contributed by atoms with Gasteiger partial charge in [0.1, 0.15) is 11.5 Å². The number of hydrogen-bond donors (Lipinski definition) is 1. The zero-order valence-electron chi connectivity index (χ0n) is 12.8. The Labute approximate surface area is 131 Å². The van der Waals surface area contributed by atoms with Crippen molar-refractivity contribution in [3.8, 4) is 0 Å². The van der Waals surface area contributed by atoms with Gasteiger partial charge in [-0.2, -0.15) is 0 Å². The molecule has 0 saturated heterocycles. The number of aryl methyl sites for hydroxylation is 1. The number of benzene rings is 2. The van der Waals surface area contributed by atoms with Gasteiger partial charge in [-0.25, -0.2) is 17.4 Å². The van der Waals surface area contributed by atoms with Crippen LogP contribution in [0.1, 0.15) is 25.0 Å². The fourth-order valence-corrected chi connectivity index (χ4v) is 2.80. The molecule has 0 aliphatic rings. The number of halogens is 3. The fraction of sp³-hybridized carbons (Fsp3) is 0.250. The maximum Gasteiger partial charge on any atom is 0.150 e. The molecule has 1 N–H and O–H groups in total. The summed E-state index contributed by atoms with van der Waals surface area (Å²) in [4.78, 5) is 0.143. The monoisotopic (exact) mass is 329 g/mol. The lowest BCUT2D eigenvalue weighted by Crippen LogP contribution is -2.10. The van der Waals surface area contributed by atoms with Crippen molar-refractivity contribution in [3.63, 3.8) is 0 Å². The van der Waals surface area contributed by atoms with E-state index in [1.54, 1.807) is 6.92 Å². The van der Waals surface area contributed by atoms with E-state index in [9.17, 15) is 17.4 Å². The van der Waals surface area contributed by atoms with Crippen molar-refractivity contribution in [2.75, 3.05) is 4.72 Å². The average molecular weight is 329 g/mol. The van der Waals surface area contributed by atoms with Crippen LogP contribution in [0.2, 0.25) is 0 Å². The minimum absolute atomic E-state index is 0.143. The topological polar surface area (TPSA) is 29.1 Å². The highest BCUT2D eigenvalue weighted by Crippen LogP contribution is 2.24. The zero-order chi connectivity index (χ0) is 16.9. The molecule has 0 fully saturated rings. The van der Waals surface area contributed by atoms with E-state index in [1.165, 1.54) is 25.1 Å². The second-order valence-electron chi connectivity index (χ2n) is 4.34. The van der Waals surface area contributed by atoms with E-state index >= 15 is 0 Å². The van der Waals surface area contributed by atoms with Crippen LogP contribution in [-0.4, -0.2) is 4.21 Å². The molecule has 0 aliphatic carbocycles. The normalized spacial score (nSPS) is 11.4. The highest BCUT2D eigenvalue weighted by molar-refractivity contribution is 7.86. The maximum absolute atomic E-state index is 13.7. The van der Waals surface area contributed by atoms with Crippen LogP contribution in [0.4, 0.5) is 18.9 Å². The maximum atomic E-state index is 13.7. The van der Waals surface area contributed by atoms with E-state index in [0.29, 0.717) is 5.56 Å². The molecule has 22 heavy (non-hydrogen) atoms. The average Bonchev–Trinajstić information content (AvgIpc) is 2.47.